The molecule has 3 N–H and O–H groups in total. The first-order valence-electron chi connectivity index (χ1n) is 6.36. The van der Waals surface area contributed by atoms with Gasteiger partial charge in [-0.25, -0.2) is 13.9 Å². The monoisotopic (exact) mass is 325 g/mol. The van der Waals surface area contributed by atoms with Crippen molar-refractivity contribution in [3.05, 3.63) is 41.5 Å². The summed E-state index contributed by atoms with van der Waals surface area (Å²) in [6.45, 7) is -0.0752. The molecule has 9 heteroatoms. The van der Waals surface area contributed by atoms with Crippen LogP contribution in [0.25, 0.3) is 0 Å². The molecule has 0 saturated carbocycles. The fourth-order valence-electron chi connectivity index (χ4n) is 2.02. The lowest BCUT2D eigenvalue weighted by molar-refractivity contribution is -0.125. The van der Waals surface area contributed by atoms with E-state index in [1.165, 1.54) is 42.9 Å². The number of hydrogen-bond acceptors (Lipinski definition) is 5. The average molecular weight is 325 g/mol. The molecule has 118 valence electrons. The molecule has 0 radical (unpaired) electrons. The van der Waals surface area contributed by atoms with Gasteiger partial charge in [-0.3, -0.25) is 14.8 Å². The Morgan fingerprint density at radius 1 is 1.18 bits per heavy atom. The minimum Gasteiger partial charge on any atom is -0.355 e. The third-order valence-electron chi connectivity index (χ3n) is 3.26. The van der Waals surface area contributed by atoms with Crippen molar-refractivity contribution in [2.75, 3.05) is 20.1 Å². The number of sulfonamides is 1. The van der Waals surface area contributed by atoms with Gasteiger partial charge in [0.1, 0.15) is 0 Å². The Hall–Kier alpha value is -2.23. The maximum absolute atomic E-state index is 12.4. The molecule has 1 aliphatic heterocycles. The highest BCUT2D eigenvalue weighted by Crippen LogP contribution is 2.21. The van der Waals surface area contributed by atoms with E-state index in [4.69, 9.17) is 5.21 Å². The van der Waals surface area contributed by atoms with Gasteiger partial charge in [0.2, 0.25) is 10.0 Å². The Morgan fingerprint density at radius 2 is 1.82 bits per heavy atom. The molecule has 0 aromatic heterocycles. The molecule has 1 heterocycles. The van der Waals surface area contributed by atoms with Crippen molar-refractivity contribution >= 4 is 21.8 Å². The molecule has 0 unspecified atom stereocenters. The fourth-order valence-corrected chi connectivity index (χ4v) is 3.38. The summed E-state index contributed by atoms with van der Waals surface area (Å²) in [7, 11) is -2.29. The second-order valence-corrected chi connectivity index (χ2v) is 6.51. The molecule has 0 fully saturated rings. The summed E-state index contributed by atoms with van der Waals surface area (Å²) in [5, 5.41) is 11.0. The third kappa shape index (κ3) is 3.01. The number of carbonyl (C=O) groups excluding carboxylic acids is 2. The zero-order valence-electron chi connectivity index (χ0n) is 11.7. The summed E-state index contributed by atoms with van der Waals surface area (Å²) < 4.78 is 26.0. The van der Waals surface area contributed by atoms with Gasteiger partial charge in [0, 0.05) is 31.3 Å². The highest BCUT2D eigenvalue weighted by atomic mass is 32.2. The van der Waals surface area contributed by atoms with Crippen molar-refractivity contribution < 1.29 is 23.2 Å². The van der Waals surface area contributed by atoms with Gasteiger partial charge in [-0.1, -0.05) is 6.08 Å². The number of nitrogens with one attached hydrogen (secondary N) is 2. The Morgan fingerprint density at radius 3 is 2.36 bits per heavy atom. The van der Waals surface area contributed by atoms with Crippen LogP contribution in [0.2, 0.25) is 0 Å². The van der Waals surface area contributed by atoms with Gasteiger partial charge in [-0.05, 0) is 24.3 Å². The zero-order valence-corrected chi connectivity index (χ0v) is 12.6. The van der Waals surface area contributed by atoms with E-state index in [0.29, 0.717) is 5.56 Å². The van der Waals surface area contributed by atoms with Crippen molar-refractivity contribution in [2.24, 2.45) is 0 Å². The van der Waals surface area contributed by atoms with E-state index in [9.17, 15) is 18.0 Å². The van der Waals surface area contributed by atoms with Gasteiger partial charge in [0.05, 0.1) is 4.90 Å². The Bertz CT molecular complexity index is 725. The molecule has 0 bridgehead atoms. The number of hydroxylamine groups is 1. The van der Waals surface area contributed by atoms with E-state index >= 15 is 0 Å². The standard InChI is InChI=1S/C13H15N3O5S/c1-14-12(17)9-2-4-11(5-3-9)22(20,21)16-7-6-10(8-16)13(18)15-19/h2-6,19H,7-8H2,1H3,(H,14,17)(H,15,18). The number of nitrogens with zero attached hydrogens (tertiary/aromatic N) is 1. The number of rotatable bonds is 4. The lowest BCUT2D eigenvalue weighted by Gasteiger charge is -2.16. The molecule has 22 heavy (non-hydrogen) atoms. The lowest BCUT2D eigenvalue weighted by atomic mass is 10.2. The van der Waals surface area contributed by atoms with Crippen LogP contribution in [0.4, 0.5) is 0 Å². The molecule has 1 aromatic rings. The predicted octanol–water partition coefficient (Wildman–Crippen LogP) is -0.518. The molecular weight excluding hydrogens is 310 g/mol. The van der Waals surface area contributed by atoms with Crippen LogP contribution in [-0.2, 0) is 14.8 Å². The molecule has 2 amide bonds. The first kappa shape index (κ1) is 16.1. The summed E-state index contributed by atoms with van der Waals surface area (Å²) in [6, 6.07) is 5.50. The van der Waals surface area contributed by atoms with E-state index in [-0.39, 0.29) is 29.5 Å². The van der Waals surface area contributed by atoms with Gasteiger partial charge < -0.3 is 5.32 Å². The van der Waals surface area contributed by atoms with Crippen LogP contribution in [0.5, 0.6) is 0 Å². The quantitative estimate of drug-likeness (QED) is 0.509. The van der Waals surface area contributed by atoms with E-state index < -0.39 is 15.9 Å². The maximum Gasteiger partial charge on any atom is 0.271 e. The number of hydrogen-bond donors (Lipinski definition) is 3. The van der Waals surface area contributed by atoms with Crippen LogP contribution in [0.15, 0.2) is 40.8 Å². The summed E-state index contributed by atoms with van der Waals surface area (Å²) in [5.41, 5.74) is 1.99. The molecule has 0 saturated heterocycles. The van der Waals surface area contributed by atoms with Crippen LogP contribution in [-0.4, -0.2) is 49.9 Å². The smallest absolute Gasteiger partial charge is 0.271 e. The Balaban J connectivity index is 2.18. The van der Waals surface area contributed by atoms with Crippen LogP contribution in [0.1, 0.15) is 10.4 Å². The molecule has 1 aliphatic rings. The van der Waals surface area contributed by atoms with Crippen molar-refractivity contribution in [3.8, 4) is 0 Å². The van der Waals surface area contributed by atoms with E-state index in [1.807, 2.05) is 0 Å². The SMILES string of the molecule is CNC(=O)c1ccc(S(=O)(=O)N2CC=C(C(=O)NO)C2)cc1. The minimum absolute atomic E-state index is 0.0270. The maximum atomic E-state index is 12.4. The van der Waals surface area contributed by atoms with Crippen LogP contribution in [0.3, 0.4) is 0 Å². The first-order chi connectivity index (χ1) is 10.4. The van der Waals surface area contributed by atoms with Crippen LogP contribution >= 0.6 is 0 Å². The van der Waals surface area contributed by atoms with Gasteiger partial charge >= 0.3 is 0 Å². The van der Waals surface area contributed by atoms with Gasteiger partial charge in [-0.2, -0.15) is 4.31 Å². The number of carbonyl (C=O) groups is 2. The minimum atomic E-state index is -3.77. The highest BCUT2D eigenvalue weighted by Gasteiger charge is 2.30. The van der Waals surface area contributed by atoms with E-state index in [2.05, 4.69) is 5.32 Å². The van der Waals surface area contributed by atoms with Crippen LogP contribution in [0, 0.1) is 0 Å². The second-order valence-electron chi connectivity index (χ2n) is 4.57. The predicted molar refractivity (Wildman–Crippen MR) is 76.6 cm³/mol. The largest absolute Gasteiger partial charge is 0.355 e. The number of benzene rings is 1. The normalized spacial score (nSPS) is 15.3. The fraction of sp³-hybridized carbons (Fsp3) is 0.231. The summed E-state index contributed by atoms with van der Waals surface area (Å²) in [5.74, 6) is -1.04. The van der Waals surface area contributed by atoms with Gasteiger partial charge in [0.25, 0.3) is 11.8 Å². The number of amides is 2. The van der Waals surface area contributed by atoms with Crippen molar-refractivity contribution in [1.29, 1.82) is 0 Å². The zero-order chi connectivity index (χ0) is 16.3. The third-order valence-corrected chi connectivity index (χ3v) is 5.09. The van der Waals surface area contributed by atoms with Crippen molar-refractivity contribution in [3.63, 3.8) is 0 Å². The van der Waals surface area contributed by atoms with E-state index in [0.717, 1.165) is 4.31 Å². The molecule has 2 rings (SSSR count). The topological polar surface area (TPSA) is 116 Å². The lowest BCUT2D eigenvalue weighted by Crippen LogP contribution is -2.31. The summed E-state index contributed by atoms with van der Waals surface area (Å²) >= 11 is 0. The molecule has 8 nitrogen and oxygen atoms in total. The van der Waals surface area contributed by atoms with Crippen molar-refractivity contribution in [2.45, 2.75) is 4.90 Å². The Kier molecular flexibility index (Phi) is 4.59. The molecule has 0 spiro atoms. The van der Waals surface area contributed by atoms with E-state index in [1.54, 1.807) is 0 Å². The van der Waals surface area contributed by atoms with Gasteiger partial charge in [0.15, 0.2) is 0 Å². The van der Waals surface area contributed by atoms with Crippen LogP contribution < -0.4 is 10.8 Å². The average Bonchev–Trinajstić information content (AvgIpc) is 3.04. The summed E-state index contributed by atoms with van der Waals surface area (Å²) in [6.07, 6.45) is 1.43. The molecular formula is C13H15N3O5S. The molecule has 0 atom stereocenters. The molecule has 1 aromatic carbocycles. The first-order valence-corrected chi connectivity index (χ1v) is 7.80. The Labute approximate surface area is 127 Å². The molecule has 0 aliphatic carbocycles. The summed E-state index contributed by atoms with van der Waals surface area (Å²) in [4.78, 5) is 22.7. The second kappa shape index (κ2) is 6.26. The van der Waals surface area contributed by atoms with Crippen molar-refractivity contribution in [1.82, 2.24) is 15.1 Å². The highest BCUT2D eigenvalue weighted by molar-refractivity contribution is 7.89. The van der Waals surface area contributed by atoms with Gasteiger partial charge in [-0.15, -0.1) is 0 Å².